The average molecular weight is 311 g/mol. The highest BCUT2D eigenvalue weighted by Crippen LogP contribution is 2.32. The molecule has 5 heteroatoms. The summed E-state index contributed by atoms with van der Waals surface area (Å²) in [6.45, 7) is 0. The molecule has 1 atom stereocenters. The van der Waals surface area contributed by atoms with E-state index in [9.17, 15) is 9.90 Å². The highest BCUT2D eigenvalue weighted by Gasteiger charge is 2.35. The van der Waals surface area contributed by atoms with Gasteiger partial charge in [0.25, 0.3) is 0 Å². The quantitative estimate of drug-likeness (QED) is 0.878. The number of methoxy groups -OCH3 is 2. The van der Waals surface area contributed by atoms with E-state index in [-0.39, 0.29) is 17.2 Å². The van der Waals surface area contributed by atoms with Gasteiger partial charge < -0.3 is 14.6 Å². The fraction of sp³-hybridized carbons (Fsp3) is 0.438. The molecule has 1 aromatic carbocycles. The second-order valence-corrected chi connectivity index (χ2v) is 5.65. The van der Waals surface area contributed by atoms with Crippen molar-refractivity contribution in [2.45, 2.75) is 31.3 Å². The molecule has 0 radical (unpaired) electrons. The fourth-order valence-electron chi connectivity index (χ4n) is 2.53. The summed E-state index contributed by atoms with van der Waals surface area (Å²) in [6.07, 6.45) is 3.58. The van der Waals surface area contributed by atoms with E-state index in [2.05, 4.69) is 0 Å². The lowest BCUT2D eigenvalue weighted by Crippen LogP contribution is -2.24. The molecule has 2 rings (SSSR count). The summed E-state index contributed by atoms with van der Waals surface area (Å²) in [5.41, 5.74) is 0.000658. The normalized spacial score (nSPS) is 21.3. The first kappa shape index (κ1) is 15.9. The molecule has 114 valence electrons. The zero-order valence-electron chi connectivity index (χ0n) is 12.2. The summed E-state index contributed by atoms with van der Waals surface area (Å²) in [6, 6.07) is 5.75. The van der Waals surface area contributed by atoms with E-state index in [1.54, 1.807) is 14.2 Å². The highest BCUT2D eigenvalue weighted by molar-refractivity contribution is 6.43. The van der Waals surface area contributed by atoms with Gasteiger partial charge >= 0.3 is 0 Å². The number of carbonyl (C=O) groups is 1. The standard InChI is InChI=1S/C16H19ClO4/c1-20-14-6-5-11(8-15(14)21-2)4-3-7-16(19)9-12(17)13(18)10-16/h5-6,8-9,19H,3-4,7,10H2,1-2H3. The summed E-state index contributed by atoms with van der Waals surface area (Å²) in [5.74, 6) is 1.19. The van der Waals surface area contributed by atoms with Gasteiger partial charge in [-0.05, 0) is 43.0 Å². The number of benzene rings is 1. The second-order valence-electron chi connectivity index (χ2n) is 5.24. The Hall–Kier alpha value is -1.52. The lowest BCUT2D eigenvalue weighted by molar-refractivity contribution is -0.116. The van der Waals surface area contributed by atoms with E-state index >= 15 is 0 Å². The lowest BCUT2D eigenvalue weighted by Gasteiger charge is -2.19. The smallest absolute Gasteiger partial charge is 0.177 e. The van der Waals surface area contributed by atoms with Crippen LogP contribution >= 0.6 is 11.6 Å². The van der Waals surface area contributed by atoms with Crippen LogP contribution in [-0.4, -0.2) is 30.7 Å². The van der Waals surface area contributed by atoms with Crippen molar-refractivity contribution in [1.29, 1.82) is 0 Å². The third-order valence-electron chi connectivity index (χ3n) is 3.65. The van der Waals surface area contributed by atoms with Gasteiger partial charge in [-0.2, -0.15) is 0 Å². The Balaban J connectivity index is 1.94. The number of aryl methyl sites for hydroxylation is 1. The lowest BCUT2D eigenvalue weighted by atomic mass is 9.94. The number of ether oxygens (including phenoxy) is 2. The van der Waals surface area contributed by atoms with Crippen LogP contribution in [0.1, 0.15) is 24.8 Å². The van der Waals surface area contributed by atoms with Crippen LogP contribution in [0.25, 0.3) is 0 Å². The molecule has 0 saturated heterocycles. The maximum atomic E-state index is 11.4. The highest BCUT2D eigenvalue weighted by atomic mass is 35.5. The van der Waals surface area contributed by atoms with E-state index < -0.39 is 5.60 Å². The number of hydrogen-bond donors (Lipinski definition) is 1. The molecule has 0 heterocycles. The van der Waals surface area contributed by atoms with Crippen molar-refractivity contribution >= 4 is 17.4 Å². The molecule has 0 saturated carbocycles. The molecule has 0 fully saturated rings. The molecule has 1 aliphatic rings. The maximum absolute atomic E-state index is 11.4. The Labute approximate surface area is 129 Å². The van der Waals surface area contributed by atoms with Crippen molar-refractivity contribution in [2.75, 3.05) is 14.2 Å². The molecule has 21 heavy (non-hydrogen) atoms. The van der Waals surface area contributed by atoms with Gasteiger partial charge in [-0.15, -0.1) is 0 Å². The van der Waals surface area contributed by atoms with E-state index in [0.29, 0.717) is 17.9 Å². The molecule has 0 amide bonds. The summed E-state index contributed by atoms with van der Waals surface area (Å²) in [7, 11) is 3.20. The van der Waals surface area contributed by atoms with Crippen molar-refractivity contribution in [1.82, 2.24) is 0 Å². The molecule has 4 nitrogen and oxygen atoms in total. The van der Waals surface area contributed by atoms with E-state index in [0.717, 1.165) is 18.4 Å². The third-order valence-corrected chi connectivity index (χ3v) is 3.97. The molecule has 0 aromatic heterocycles. The molecule has 0 aliphatic heterocycles. The van der Waals surface area contributed by atoms with Crippen molar-refractivity contribution in [3.05, 3.63) is 34.9 Å². The van der Waals surface area contributed by atoms with Crippen LogP contribution in [-0.2, 0) is 11.2 Å². The molecule has 1 N–H and O–H groups in total. The average Bonchev–Trinajstić information content (AvgIpc) is 2.72. The molecule has 1 unspecified atom stereocenters. The Bertz CT molecular complexity index is 567. The van der Waals surface area contributed by atoms with Crippen LogP contribution in [0.2, 0.25) is 0 Å². The Morgan fingerprint density at radius 3 is 2.57 bits per heavy atom. The number of carbonyl (C=O) groups excluding carboxylic acids is 1. The minimum absolute atomic E-state index is 0.0811. The number of rotatable bonds is 6. The number of halogens is 1. The zero-order valence-corrected chi connectivity index (χ0v) is 12.9. The van der Waals surface area contributed by atoms with Gasteiger partial charge in [-0.3, -0.25) is 4.79 Å². The van der Waals surface area contributed by atoms with Crippen LogP contribution in [0, 0.1) is 0 Å². The summed E-state index contributed by atoms with van der Waals surface area (Å²) < 4.78 is 10.5. The predicted molar refractivity (Wildman–Crippen MR) is 81.0 cm³/mol. The number of aliphatic hydroxyl groups is 1. The molecule has 0 bridgehead atoms. The molecular weight excluding hydrogens is 292 g/mol. The van der Waals surface area contributed by atoms with Crippen LogP contribution < -0.4 is 9.47 Å². The maximum Gasteiger partial charge on any atom is 0.177 e. The van der Waals surface area contributed by atoms with Gasteiger partial charge in [0.2, 0.25) is 0 Å². The zero-order chi connectivity index (χ0) is 15.5. The number of ketones is 1. The van der Waals surface area contributed by atoms with Crippen molar-refractivity contribution < 1.29 is 19.4 Å². The van der Waals surface area contributed by atoms with Crippen LogP contribution in [0.15, 0.2) is 29.3 Å². The molecule has 1 aromatic rings. The third kappa shape index (κ3) is 3.77. The van der Waals surface area contributed by atoms with Gasteiger partial charge in [0.1, 0.15) is 0 Å². The van der Waals surface area contributed by atoms with Gasteiger partial charge in [-0.25, -0.2) is 0 Å². The first-order chi connectivity index (χ1) is 9.97. The fourth-order valence-corrected chi connectivity index (χ4v) is 2.80. The minimum atomic E-state index is -1.09. The first-order valence-corrected chi connectivity index (χ1v) is 7.20. The van der Waals surface area contributed by atoms with Crippen molar-refractivity contribution in [2.24, 2.45) is 0 Å². The predicted octanol–water partition coefficient (Wildman–Crippen LogP) is 2.85. The van der Waals surface area contributed by atoms with Crippen molar-refractivity contribution in [3.8, 4) is 11.5 Å². The second kappa shape index (κ2) is 6.50. The number of allylic oxidation sites excluding steroid dienone is 1. The van der Waals surface area contributed by atoms with Crippen LogP contribution in [0.4, 0.5) is 0 Å². The van der Waals surface area contributed by atoms with Gasteiger partial charge in [0.15, 0.2) is 17.3 Å². The number of hydrogen-bond acceptors (Lipinski definition) is 4. The number of Topliss-reactive ketones (excluding diaryl/α,β-unsaturated/α-hetero) is 1. The molecule has 1 aliphatic carbocycles. The summed E-state index contributed by atoms with van der Waals surface area (Å²) in [5, 5.41) is 10.4. The first-order valence-electron chi connectivity index (χ1n) is 6.82. The van der Waals surface area contributed by atoms with Gasteiger partial charge in [0, 0.05) is 6.42 Å². The minimum Gasteiger partial charge on any atom is -0.493 e. The summed E-state index contributed by atoms with van der Waals surface area (Å²) in [4.78, 5) is 11.4. The van der Waals surface area contributed by atoms with Gasteiger partial charge in [0.05, 0.1) is 24.9 Å². The Morgan fingerprint density at radius 1 is 1.29 bits per heavy atom. The Morgan fingerprint density at radius 2 is 2.00 bits per heavy atom. The van der Waals surface area contributed by atoms with E-state index in [1.807, 2.05) is 18.2 Å². The molecule has 0 spiro atoms. The topological polar surface area (TPSA) is 55.8 Å². The Kier molecular flexibility index (Phi) is 4.91. The van der Waals surface area contributed by atoms with E-state index in [1.165, 1.54) is 6.08 Å². The van der Waals surface area contributed by atoms with Crippen LogP contribution in [0.3, 0.4) is 0 Å². The van der Waals surface area contributed by atoms with E-state index in [4.69, 9.17) is 21.1 Å². The summed E-state index contributed by atoms with van der Waals surface area (Å²) >= 11 is 5.74. The largest absolute Gasteiger partial charge is 0.493 e. The monoisotopic (exact) mass is 310 g/mol. The van der Waals surface area contributed by atoms with Crippen LogP contribution in [0.5, 0.6) is 11.5 Å². The van der Waals surface area contributed by atoms with Crippen molar-refractivity contribution in [3.63, 3.8) is 0 Å². The molecular formula is C16H19ClO4. The van der Waals surface area contributed by atoms with Gasteiger partial charge in [-0.1, -0.05) is 17.7 Å². The SMILES string of the molecule is COc1ccc(CCCC2(O)C=C(Cl)C(=O)C2)cc1OC.